The molecular weight excluding hydrogens is 272 g/mol. The van der Waals surface area contributed by atoms with E-state index in [2.05, 4.69) is 15.3 Å². The molecule has 2 N–H and O–H groups in total. The van der Waals surface area contributed by atoms with Crippen LogP contribution >= 0.6 is 0 Å². The summed E-state index contributed by atoms with van der Waals surface area (Å²) in [5.74, 6) is -0.510. The van der Waals surface area contributed by atoms with E-state index < -0.39 is 16.0 Å². The second-order valence-corrected chi connectivity index (χ2v) is 6.18. The standard InChI is InChI=1S/C10H14N4O4S/c15-10(16)8-6-13-9(7-12-8)11-2-4-14-3-1-5-19(14,17)18/h6-7H,1-5H2,(H,11,13)(H,15,16). The molecule has 0 spiro atoms. The molecule has 0 unspecified atom stereocenters. The van der Waals surface area contributed by atoms with E-state index in [0.717, 1.165) is 6.20 Å². The van der Waals surface area contributed by atoms with Gasteiger partial charge in [0.05, 0.1) is 18.1 Å². The molecule has 9 heteroatoms. The van der Waals surface area contributed by atoms with Gasteiger partial charge in [0.25, 0.3) is 0 Å². The zero-order valence-corrected chi connectivity index (χ0v) is 10.9. The van der Waals surface area contributed by atoms with E-state index in [1.807, 2.05) is 0 Å². The lowest BCUT2D eigenvalue weighted by atomic mass is 10.4. The lowest BCUT2D eigenvalue weighted by molar-refractivity contribution is 0.0690. The van der Waals surface area contributed by atoms with Crippen molar-refractivity contribution in [1.29, 1.82) is 0 Å². The maximum absolute atomic E-state index is 11.5. The van der Waals surface area contributed by atoms with Gasteiger partial charge in [0.15, 0.2) is 5.69 Å². The lowest BCUT2D eigenvalue weighted by Gasteiger charge is -2.14. The molecule has 0 saturated carbocycles. The first-order chi connectivity index (χ1) is 8.99. The van der Waals surface area contributed by atoms with Gasteiger partial charge < -0.3 is 10.4 Å². The summed E-state index contributed by atoms with van der Waals surface area (Å²) in [4.78, 5) is 18.2. The van der Waals surface area contributed by atoms with E-state index in [9.17, 15) is 13.2 Å². The Balaban J connectivity index is 1.84. The van der Waals surface area contributed by atoms with Gasteiger partial charge in [0, 0.05) is 19.6 Å². The van der Waals surface area contributed by atoms with Gasteiger partial charge in [-0.05, 0) is 6.42 Å². The highest BCUT2D eigenvalue weighted by molar-refractivity contribution is 7.89. The normalized spacial score (nSPS) is 18.3. The summed E-state index contributed by atoms with van der Waals surface area (Å²) in [6.45, 7) is 1.32. The highest BCUT2D eigenvalue weighted by Crippen LogP contribution is 2.12. The van der Waals surface area contributed by atoms with E-state index in [1.165, 1.54) is 10.5 Å². The second-order valence-electron chi connectivity index (χ2n) is 4.09. The van der Waals surface area contributed by atoms with Gasteiger partial charge in [-0.2, -0.15) is 0 Å². The zero-order chi connectivity index (χ0) is 13.9. The lowest BCUT2D eigenvalue weighted by Crippen LogP contribution is -2.30. The Kier molecular flexibility index (Phi) is 3.96. The van der Waals surface area contributed by atoms with Crippen molar-refractivity contribution in [3.8, 4) is 0 Å². The maximum Gasteiger partial charge on any atom is 0.356 e. The van der Waals surface area contributed by atoms with Gasteiger partial charge in [-0.25, -0.2) is 27.5 Å². The first-order valence-electron chi connectivity index (χ1n) is 5.76. The van der Waals surface area contributed by atoms with Crippen LogP contribution in [0.5, 0.6) is 0 Å². The second kappa shape index (κ2) is 5.49. The monoisotopic (exact) mass is 286 g/mol. The van der Waals surface area contributed by atoms with Crippen LogP contribution in [0.2, 0.25) is 0 Å². The number of sulfonamides is 1. The molecule has 0 amide bonds. The van der Waals surface area contributed by atoms with Crippen molar-refractivity contribution in [2.45, 2.75) is 6.42 Å². The Morgan fingerprint density at radius 3 is 2.74 bits per heavy atom. The van der Waals surface area contributed by atoms with Crippen molar-refractivity contribution >= 4 is 21.8 Å². The Bertz CT molecular complexity index is 557. The molecule has 2 heterocycles. The summed E-state index contributed by atoms with van der Waals surface area (Å²) in [7, 11) is -3.08. The molecular formula is C10H14N4O4S. The smallest absolute Gasteiger partial charge is 0.356 e. The molecule has 1 saturated heterocycles. The van der Waals surface area contributed by atoms with Crippen LogP contribution in [0.25, 0.3) is 0 Å². The summed E-state index contributed by atoms with van der Waals surface area (Å²) < 4.78 is 24.5. The van der Waals surface area contributed by atoms with Crippen molar-refractivity contribution in [3.63, 3.8) is 0 Å². The molecule has 0 radical (unpaired) electrons. The number of anilines is 1. The van der Waals surface area contributed by atoms with Crippen molar-refractivity contribution in [1.82, 2.24) is 14.3 Å². The number of carbonyl (C=O) groups is 1. The molecule has 19 heavy (non-hydrogen) atoms. The SMILES string of the molecule is O=C(O)c1cnc(NCCN2CCCS2(=O)=O)cn1. The first-order valence-corrected chi connectivity index (χ1v) is 7.37. The minimum atomic E-state index is -3.08. The van der Waals surface area contributed by atoms with Crippen molar-refractivity contribution < 1.29 is 18.3 Å². The number of aromatic carboxylic acids is 1. The molecule has 0 aromatic carbocycles. The van der Waals surface area contributed by atoms with Crippen molar-refractivity contribution in [3.05, 3.63) is 18.1 Å². The van der Waals surface area contributed by atoms with Crippen LogP contribution < -0.4 is 5.32 Å². The minimum Gasteiger partial charge on any atom is -0.476 e. The van der Waals surface area contributed by atoms with Gasteiger partial charge >= 0.3 is 5.97 Å². The van der Waals surface area contributed by atoms with E-state index in [4.69, 9.17) is 5.11 Å². The van der Waals surface area contributed by atoms with Gasteiger partial charge in [-0.1, -0.05) is 0 Å². The number of aromatic nitrogens is 2. The van der Waals surface area contributed by atoms with Crippen LogP contribution in [0.15, 0.2) is 12.4 Å². The van der Waals surface area contributed by atoms with Crippen LogP contribution in [0.4, 0.5) is 5.82 Å². The predicted molar refractivity (Wildman–Crippen MR) is 67.5 cm³/mol. The van der Waals surface area contributed by atoms with Crippen LogP contribution in [0.3, 0.4) is 0 Å². The Morgan fingerprint density at radius 1 is 1.42 bits per heavy atom. The largest absolute Gasteiger partial charge is 0.476 e. The fraction of sp³-hybridized carbons (Fsp3) is 0.500. The number of carboxylic acid groups (broad SMARTS) is 1. The topological polar surface area (TPSA) is 112 Å². The molecule has 0 bridgehead atoms. The number of nitrogens with zero attached hydrogens (tertiary/aromatic N) is 3. The zero-order valence-electron chi connectivity index (χ0n) is 10.1. The quantitative estimate of drug-likeness (QED) is 0.758. The molecule has 1 aromatic rings. The van der Waals surface area contributed by atoms with Crippen molar-refractivity contribution in [2.75, 3.05) is 30.7 Å². The van der Waals surface area contributed by atoms with E-state index >= 15 is 0 Å². The molecule has 0 atom stereocenters. The fourth-order valence-corrected chi connectivity index (χ4v) is 3.31. The summed E-state index contributed by atoms with van der Waals surface area (Å²) in [5, 5.41) is 11.6. The molecule has 104 valence electrons. The van der Waals surface area contributed by atoms with Gasteiger partial charge in [-0.15, -0.1) is 0 Å². The fourth-order valence-electron chi connectivity index (χ4n) is 1.78. The number of rotatable bonds is 5. The van der Waals surface area contributed by atoms with Gasteiger partial charge in [0.2, 0.25) is 10.0 Å². The molecule has 1 aliphatic rings. The summed E-state index contributed by atoms with van der Waals surface area (Å²) in [6, 6.07) is 0. The third-order valence-corrected chi connectivity index (χ3v) is 4.70. The Hall–Kier alpha value is -1.74. The molecule has 8 nitrogen and oxygen atoms in total. The Labute approximate surface area is 110 Å². The molecule has 1 fully saturated rings. The number of hydrogen-bond donors (Lipinski definition) is 2. The molecule has 2 rings (SSSR count). The highest BCUT2D eigenvalue weighted by atomic mass is 32.2. The van der Waals surface area contributed by atoms with Crippen molar-refractivity contribution in [2.24, 2.45) is 0 Å². The third-order valence-electron chi connectivity index (χ3n) is 2.74. The first kappa shape index (κ1) is 13.7. The number of carboxylic acids is 1. The highest BCUT2D eigenvalue weighted by Gasteiger charge is 2.27. The summed E-state index contributed by atoms with van der Waals surface area (Å²) in [6.07, 6.45) is 3.12. The summed E-state index contributed by atoms with van der Waals surface area (Å²) in [5.41, 5.74) is -0.132. The van der Waals surface area contributed by atoms with Gasteiger partial charge in [0.1, 0.15) is 5.82 Å². The van der Waals surface area contributed by atoms with E-state index in [1.54, 1.807) is 0 Å². The van der Waals surface area contributed by atoms with E-state index in [0.29, 0.717) is 31.9 Å². The molecule has 0 aliphatic carbocycles. The van der Waals surface area contributed by atoms with Crippen LogP contribution in [0.1, 0.15) is 16.9 Å². The third kappa shape index (κ3) is 3.38. The number of nitrogens with one attached hydrogen (secondary N) is 1. The molecule has 1 aromatic heterocycles. The molecule has 1 aliphatic heterocycles. The van der Waals surface area contributed by atoms with Crippen LogP contribution in [0, 0.1) is 0 Å². The average Bonchev–Trinajstić information content (AvgIpc) is 2.69. The summed E-state index contributed by atoms with van der Waals surface area (Å²) >= 11 is 0. The van der Waals surface area contributed by atoms with Gasteiger partial charge in [-0.3, -0.25) is 0 Å². The maximum atomic E-state index is 11.5. The minimum absolute atomic E-state index is 0.132. The average molecular weight is 286 g/mol. The predicted octanol–water partition coefficient (Wildman–Crippen LogP) is -0.378. The van der Waals surface area contributed by atoms with Crippen LogP contribution in [-0.4, -0.2) is 59.2 Å². The number of hydrogen-bond acceptors (Lipinski definition) is 6. The van der Waals surface area contributed by atoms with Crippen LogP contribution in [-0.2, 0) is 10.0 Å². The Morgan fingerprint density at radius 2 is 2.21 bits per heavy atom. The van der Waals surface area contributed by atoms with E-state index in [-0.39, 0.29) is 11.4 Å².